The molecule has 1 saturated heterocycles. The predicted molar refractivity (Wildman–Crippen MR) is 101 cm³/mol. The van der Waals surface area contributed by atoms with Crippen molar-refractivity contribution in [3.8, 4) is 5.75 Å². The Hall–Kier alpha value is -1.75. The summed E-state index contributed by atoms with van der Waals surface area (Å²) >= 11 is 0. The maximum atomic E-state index is 12.5. The lowest BCUT2D eigenvalue weighted by molar-refractivity contribution is -0.0108. The van der Waals surface area contributed by atoms with Crippen LogP contribution in [0.4, 0.5) is 10.5 Å². The highest BCUT2D eigenvalue weighted by molar-refractivity contribution is 5.89. The Morgan fingerprint density at radius 2 is 2.16 bits per heavy atom. The summed E-state index contributed by atoms with van der Waals surface area (Å²) in [5, 5.41) is 13.3. The fourth-order valence-corrected chi connectivity index (χ4v) is 3.29. The standard InChI is InChI=1S/C20H32N2O3/c1-6-14(2)25-16-9-7-8-15(12-16)21-19(24)22-11-10-17(18(23)13-22)20(3,4)5/h7-9,12,14,17-18,23H,6,10-11,13H2,1-5H3,(H,21,24)/t14-,17+,18+/m0/s1. The van der Waals surface area contributed by atoms with Crippen molar-refractivity contribution in [2.24, 2.45) is 11.3 Å². The molecule has 2 N–H and O–H groups in total. The highest BCUT2D eigenvalue weighted by atomic mass is 16.5. The highest BCUT2D eigenvalue weighted by Crippen LogP contribution is 2.34. The Morgan fingerprint density at radius 1 is 1.44 bits per heavy atom. The number of carbonyl (C=O) groups excluding carboxylic acids is 1. The molecule has 1 aromatic carbocycles. The fraction of sp³-hybridized carbons (Fsp3) is 0.650. The Kier molecular flexibility index (Phi) is 6.33. The molecule has 0 aromatic heterocycles. The molecule has 2 amide bonds. The smallest absolute Gasteiger partial charge is 0.321 e. The van der Waals surface area contributed by atoms with E-state index < -0.39 is 6.10 Å². The van der Waals surface area contributed by atoms with Crippen LogP contribution in [0.5, 0.6) is 5.75 Å². The zero-order valence-electron chi connectivity index (χ0n) is 16.1. The van der Waals surface area contributed by atoms with Gasteiger partial charge in [0.05, 0.1) is 12.2 Å². The molecule has 1 aliphatic heterocycles. The van der Waals surface area contributed by atoms with E-state index in [1.54, 1.807) is 4.90 Å². The van der Waals surface area contributed by atoms with E-state index in [0.717, 1.165) is 18.6 Å². The Morgan fingerprint density at radius 3 is 2.76 bits per heavy atom. The summed E-state index contributed by atoms with van der Waals surface area (Å²) < 4.78 is 5.79. The summed E-state index contributed by atoms with van der Waals surface area (Å²) in [7, 11) is 0. The van der Waals surface area contributed by atoms with Crippen LogP contribution in [-0.2, 0) is 0 Å². The molecule has 5 heteroatoms. The molecule has 0 spiro atoms. The normalized spacial score (nSPS) is 22.4. The number of β-amino-alcohol motifs (C(OH)–C–C–N with tert-alkyl or cyclic N) is 1. The molecule has 0 unspecified atom stereocenters. The molecule has 2 rings (SSSR count). The van der Waals surface area contributed by atoms with Crippen LogP contribution in [0.3, 0.4) is 0 Å². The third kappa shape index (κ3) is 5.36. The van der Waals surface area contributed by atoms with Crippen molar-refractivity contribution in [1.82, 2.24) is 4.90 Å². The fourth-order valence-electron chi connectivity index (χ4n) is 3.29. The van der Waals surface area contributed by atoms with Gasteiger partial charge in [0.1, 0.15) is 5.75 Å². The quantitative estimate of drug-likeness (QED) is 0.860. The van der Waals surface area contributed by atoms with Crippen LogP contribution in [0.15, 0.2) is 24.3 Å². The Balaban J connectivity index is 1.95. The molecule has 3 atom stereocenters. The first kappa shape index (κ1) is 19.6. The van der Waals surface area contributed by atoms with Gasteiger partial charge in [0.25, 0.3) is 0 Å². The van der Waals surface area contributed by atoms with E-state index in [1.165, 1.54) is 0 Å². The molecule has 1 heterocycles. The second-order valence-electron chi connectivity index (χ2n) is 8.07. The van der Waals surface area contributed by atoms with Crippen molar-refractivity contribution in [3.05, 3.63) is 24.3 Å². The van der Waals surface area contributed by atoms with Crippen LogP contribution in [0.25, 0.3) is 0 Å². The number of likely N-dealkylation sites (tertiary alicyclic amines) is 1. The van der Waals surface area contributed by atoms with E-state index >= 15 is 0 Å². The van der Waals surface area contributed by atoms with Gasteiger partial charge in [0, 0.05) is 24.8 Å². The number of aliphatic hydroxyl groups excluding tert-OH is 1. The van der Waals surface area contributed by atoms with Crippen molar-refractivity contribution in [2.45, 2.75) is 59.7 Å². The van der Waals surface area contributed by atoms with Gasteiger partial charge < -0.3 is 20.1 Å². The van der Waals surface area contributed by atoms with Gasteiger partial charge in [0.2, 0.25) is 0 Å². The summed E-state index contributed by atoms with van der Waals surface area (Å²) in [6.07, 6.45) is 1.39. The number of nitrogens with zero attached hydrogens (tertiary/aromatic N) is 1. The zero-order chi connectivity index (χ0) is 18.6. The van der Waals surface area contributed by atoms with Crippen LogP contribution < -0.4 is 10.1 Å². The molecule has 1 aliphatic rings. The number of ether oxygens (including phenoxy) is 1. The molecule has 0 aliphatic carbocycles. The molecule has 0 bridgehead atoms. The summed E-state index contributed by atoms with van der Waals surface area (Å²) in [5.74, 6) is 0.961. The van der Waals surface area contributed by atoms with E-state index in [2.05, 4.69) is 33.0 Å². The molecule has 0 radical (unpaired) electrons. The van der Waals surface area contributed by atoms with Gasteiger partial charge in [0.15, 0.2) is 0 Å². The third-order valence-electron chi connectivity index (χ3n) is 4.98. The number of anilines is 1. The molecule has 140 valence electrons. The number of amides is 2. The Bertz CT molecular complexity index is 583. The van der Waals surface area contributed by atoms with Gasteiger partial charge in [-0.25, -0.2) is 4.79 Å². The molecule has 25 heavy (non-hydrogen) atoms. The van der Waals surface area contributed by atoms with Crippen LogP contribution >= 0.6 is 0 Å². The molecule has 1 fully saturated rings. The van der Waals surface area contributed by atoms with Crippen molar-refractivity contribution < 1.29 is 14.6 Å². The molecular weight excluding hydrogens is 316 g/mol. The number of urea groups is 1. The van der Waals surface area contributed by atoms with E-state index in [1.807, 2.05) is 31.2 Å². The lowest BCUT2D eigenvalue weighted by Crippen LogP contribution is -2.51. The highest BCUT2D eigenvalue weighted by Gasteiger charge is 2.37. The van der Waals surface area contributed by atoms with Gasteiger partial charge in [-0.05, 0) is 43.2 Å². The predicted octanol–water partition coefficient (Wildman–Crippen LogP) is 4.12. The second-order valence-corrected chi connectivity index (χ2v) is 8.07. The maximum absolute atomic E-state index is 12.5. The number of rotatable bonds is 4. The number of piperidine rings is 1. The van der Waals surface area contributed by atoms with Crippen LogP contribution in [0, 0.1) is 11.3 Å². The minimum atomic E-state index is -0.487. The van der Waals surface area contributed by atoms with Gasteiger partial charge in [-0.1, -0.05) is 33.8 Å². The first-order chi connectivity index (χ1) is 11.7. The van der Waals surface area contributed by atoms with Gasteiger partial charge in [-0.3, -0.25) is 0 Å². The van der Waals surface area contributed by atoms with Gasteiger partial charge in [-0.2, -0.15) is 0 Å². The van der Waals surface area contributed by atoms with Crippen molar-refractivity contribution in [2.75, 3.05) is 18.4 Å². The summed E-state index contributed by atoms with van der Waals surface area (Å²) in [5.41, 5.74) is 0.752. The summed E-state index contributed by atoms with van der Waals surface area (Å²) in [6.45, 7) is 11.5. The van der Waals surface area contributed by atoms with Crippen molar-refractivity contribution >= 4 is 11.7 Å². The third-order valence-corrected chi connectivity index (χ3v) is 4.98. The van der Waals surface area contributed by atoms with Crippen molar-refractivity contribution in [1.29, 1.82) is 0 Å². The number of aliphatic hydroxyl groups is 1. The SMILES string of the molecule is CC[C@H](C)Oc1cccc(NC(=O)N2CC[C@@H](C(C)(C)C)[C@H](O)C2)c1. The van der Waals surface area contributed by atoms with Crippen molar-refractivity contribution in [3.63, 3.8) is 0 Å². The molecule has 0 saturated carbocycles. The molecular formula is C20H32N2O3. The zero-order valence-corrected chi connectivity index (χ0v) is 16.1. The monoisotopic (exact) mass is 348 g/mol. The minimum absolute atomic E-state index is 0.0453. The van der Waals surface area contributed by atoms with Gasteiger partial charge in [-0.15, -0.1) is 0 Å². The average molecular weight is 348 g/mol. The largest absolute Gasteiger partial charge is 0.491 e. The molecule has 5 nitrogen and oxygen atoms in total. The van der Waals surface area contributed by atoms with E-state index in [0.29, 0.717) is 18.8 Å². The van der Waals surface area contributed by atoms with Crippen LogP contribution in [0.1, 0.15) is 47.5 Å². The topological polar surface area (TPSA) is 61.8 Å². The molecule has 1 aromatic rings. The average Bonchev–Trinajstić information content (AvgIpc) is 2.53. The number of carbonyl (C=O) groups is 1. The van der Waals surface area contributed by atoms with Crippen LogP contribution in [0.2, 0.25) is 0 Å². The van der Waals surface area contributed by atoms with E-state index in [4.69, 9.17) is 4.74 Å². The van der Waals surface area contributed by atoms with Gasteiger partial charge >= 0.3 is 6.03 Å². The first-order valence-corrected chi connectivity index (χ1v) is 9.21. The Labute approximate surface area is 151 Å². The minimum Gasteiger partial charge on any atom is -0.491 e. The maximum Gasteiger partial charge on any atom is 0.321 e. The number of benzene rings is 1. The van der Waals surface area contributed by atoms with E-state index in [9.17, 15) is 9.90 Å². The summed E-state index contributed by atoms with van der Waals surface area (Å²) in [4.78, 5) is 14.2. The number of hydrogen-bond donors (Lipinski definition) is 2. The number of hydrogen-bond acceptors (Lipinski definition) is 3. The van der Waals surface area contributed by atoms with Crippen LogP contribution in [-0.4, -0.2) is 41.3 Å². The second kappa shape index (κ2) is 8.09. The lowest BCUT2D eigenvalue weighted by atomic mass is 9.74. The van der Waals surface area contributed by atoms with E-state index in [-0.39, 0.29) is 23.5 Å². The lowest BCUT2D eigenvalue weighted by Gasteiger charge is -2.42. The number of nitrogens with one attached hydrogen (secondary N) is 1. The summed E-state index contributed by atoms with van der Waals surface area (Å²) in [6, 6.07) is 7.27. The first-order valence-electron chi connectivity index (χ1n) is 9.21.